The Morgan fingerprint density at radius 3 is 2.95 bits per heavy atom. The number of hydrogen-bond donors (Lipinski definition) is 1. The van der Waals surface area contributed by atoms with E-state index < -0.39 is 0 Å². The van der Waals surface area contributed by atoms with E-state index in [1.54, 1.807) is 0 Å². The van der Waals surface area contributed by atoms with Crippen LogP contribution in [0.15, 0.2) is 24.4 Å². The van der Waals surface area contributed by atoms with E-state index in [1.165, 1.54) is 41.5 Å². The average molecular weight is 269 g/mol. The molecule has 20 heavy (non-hydrogen) atoms. The van der Waals surface area contributed by atoms with Crippen molar-refractivity contribution in [2.45, 2.75) is 39.2 Å². The summed E-state index contributed by atoms with van der Waals surface area (Å²) in [4.78, 5) is 0. The van der Waals surface area contributed by atoms with Crippen molar-refractivity contribution in [3.63, 3.8) is 0 Å². The van der Waals surface area contributed by atoms with Gasteiger partial charge in [-0.05, 0) is 49.4 Å². The van der Waals surface area contributed by atoms with E-state index in [0.717, 1.165) is 12.2 Å². The van der Waals surface area contributed by atoms with Gasteiger partial charge in [0.25, 0.3) is 0 Å². The Balaban J connectivity index is 1.89. The smallest absolute Gasteiger partial charge is 0.0671 e. The van der Waals surface area contributed by atoms with E-state index in [9.17, 15) is 0 Å². The number of nitrogens with one attached hydrogen (secondary N) is 1. The molecule has 1 aromatic heterocycles. The third kappa shape index (κ3) is 2.38. The lowest BCUT2D eigenvalue weighted by Gasteiger charge is -2.13. The third-order valence-electron chi connectivity index (χ3n) is 4.19. The Morgan fingerprint density at radius 1 is 1.40 bits per heavy atom. The molecule has 1 aliphatic carbocycles. The second kappa shape index (κ2) is 5.41. The van der Waals surface area contributed by atoms with Gasteiger partial charge in [-0.2, -0.15) is 5.10 Å². The van der Waals surface area contributed by atoms with Crippen LogP contribution in [0.3, 0.4) is 0 Å². The van der Waals surface area contributed by atoms with Crippen LogP contribution in [-0.2, 0) is 13.5 Å². The van der Waals surface area contributed by atoms with Gasteiger partial charge in [0.15, 0.2) is 0 Å². The van der Waals surface area contributed by atoms with Crippen LogP contribution in [0, 0.1) is 6.92 Å². The van der Waals surface area contributed by atoms with Crippen molar-refractivity contribution >= 4 is 0 Å². The van der Waals surface area contributed by atoms with Crippen LogP contribution in [0.1, 0.15) is 42.6 Å². The molecular weight excluding hydrogens is 246 g/mol. The molecule has 0 radical (unpaired) electrons. The highest BCUT2D eigenvalue weighted by molar-refractivity contribution is 5.67. The first-order chi connectivity index (χ1) is 9.69. The molecule has 3 nitrogen and oxygen atoms in total. The largest absolute Gasteiger partial charge is 0.310 e. The molecule has 1 atom stereocenters. The Morgan fingerprint density at radius 2 is 2.25 bits per heavy atom. The summed E-state index contributed by atoms with van der Waals surface area (Å²) in [5, 5.41) is 8.09. The minimum atomic E-state index is 0.550. The quantitative estimate of drug-likeness (QED) is 0.922. The highest BCUT2D eigenvalue weighted by Gasteiger charge is 2.22. The monoisotopic (exact) mass is 269 g/mol. The molecular formula is C17H23N3. The first kappa shape index (κ1) is 13.4. The van der Waals surface area contributed by atoms with Crippen LogP contribution in [0.4, 0.5) is 0 Å². The topological polar surface area (TPSA) is 29.9 Å². The summed E-state index contributed by atoms with van der Waals surface area (Å²) in [6.07, 6.45) is 5.71. The standard InChI is InChI=1S/C17H23N3/c1-4-9-18-17-8-6-13-10-14(5-7-15(13)17)16-11-20(3)19-12(16)2/h5,7,10-11,17-18H,4,6,8-9H2,1-3H3. The number of nitrogens with zero attached hydrogens (tertiary/aromatic N) is 2. The van der Waals surface area contributed by atoms with E-state index in [0.29, 0.717) is 6.04 Å². The predicted molar refractivity (Wildman–Crippen MR) is 82.7 cm³/mol. The van der Waals surface area contributed by atoms with Gasteiger partial charge in [-0.25, -0.2) is 0 Å². The summed E-state index contributed by atoms with van der Waals surface area (Å²) in [5.41, 5.74) is 6.64. The molecule has 0 spiro atoms. The molecule has 106 valence electrons. The number of hydrogen-bond acceptors (Lipinski definition) is 2. The van der Waals surface area contributed by atoms with Crippen molar-refractivity contribution in [1.29, 1.82) is 0 Å². The molecule has 0 saturated carbocycles. The Hall–Kier alpha value is -1.61. The van der Waals surface area contributed by atoms with Crippen molar-refractivity contribution in [3.05, 3.63) is 41.2 Å². The summed E-state index contributed by atoms with van der Waals surface area (Å²) in [6, 6.07) is 7.45. The number of rotatable bonds is 4. The minimum absolute atomic E-state index is 0.550. The van der Waals surface area contributed by atoms with Gasteiger partial charge in [-0.15, -0.1) is 0 Å². The first-order valence-electron chi connectivity index (χ1n) is 7.56. The maximum atomic E-state index is 4.44. The zero-order valence-electron chi connectivity index (χ0n) is 12.6. The zero-order valence-corrected chi connectivity index (χ0v) is 12.6. The van der Waals surface area contributed by atoms with E-state index in [-0.39, 0.29) is 0 Å². The zero-order chi connectivity index (χ0) is 14.1. The highest BCUT2D eigenvalue weighted by atomic mass is 15.2. The van der Waals surface area contributed by atoms with Crippen molar-refractivity contribution in [1.82, 2.24) is 15.1 Å². The lowest BCUT2D eigenvalue weighted by Crippen LogP contribution is -2.19. The van der Waals surface area contributed by atoms with Gasteiger partial charge < -0.3 is 5.32 Å². The lowest BCUT2D eigenvalue weighted by atomic mass is 10.0. The Bertz CT molecular complexity index is 613. The average Bonchev–Trinajstić information content (AvgIpc) is 2.99. The fourth-order valence-electron chi connectivity index (χ4n) is 3.20. The van der Waals surface area contributed by atoms with Crippen LogP contribution < -0.4 is 5.32 Å². The molecule has 0 amide bonds. The number of fused-ring (bicyclic) bond motifs is 1. The molecule has 3 rings (SSSR count). The maximum Gasteiger partial charge on any atom is 0.0671 e. The molecule has 0 saturated heterocycles. The van der Waals surface area contributed by atoms with Gasteiger partial charge in [0, 0.05) is 24.8 Å². The molecule has 0 fully saturated rings. The molecule has 1 heterocycles. The van der Waals surface area contributed by atoms with Gasteiger partial charge in [0.2, 0.25) is 0 Å². The number of aryl methyl sites for hydroxylation is 3. The first-order valence-corrected chi connectivity index (χ1v) is 7.56. The fourth-order valence-corrected chi connectivity index (χ4v) is 3.20. The highest BCUT2D eigenvalue weighted by Crippen LogP contribution is 2.34. The van der Waals surface area contributed by atoms with E-state index in [2.05, 4.69) is 48.7 Å². The SMILES string of the molecule is CCCNC1CCc2cc(-c3cn(C)nc3C)ccc21. The van der Waals surface area contributed by atoms with Crippen molar-refractivity contribution in [2.24, 2.45) is 7.05 Å². The lowest BCUT2D eigenvalue weighted by molar-refractivity contribution is 0.529. The fraction of sp³-hybridized carbons (Fsp3) is 0.471. The van der Waals surface area contributed by atoms with Crippen LogP contribution in [-0.4, -0.2) is 16.3 Å². The van der Waals surface area contributed by atoms with Gasteiger partial charge in [0.1, 0.15) is 0 Å². The molecule has 2 aromatic rings. The summed E-state index contributed by atoms with van der Waals surface area (Å²) < 4.78 is 1.89. The van der Waals surface area contributed by atoms with Crippen LogP contribution in [0.25, 0.3) is 11.1 Å². The normalized spacial score (nSPS) is 17.4. The van der Waals surface area contributed by atoms with Gasteiger partial charge >= 0.3 is 0 Å². The predicted octanol–water partition coefficient (Wildman–Crippen LogP) is 3.38. The maximum absolute atomic E-state index is 4.44. The van der Waals surface area contributed by atoms with Gasteiger partial charge in [0.05, 0.1) is 5.69 Å². The number of benzene rings is 1. The van der Waals surface area contributed by atoms with Crippen LogP contribution >= 0.6 is 0 Å². The van der Waals surface area contributed by atoms with Crippen LogP contribution in [0.5, 0.6) is 0 Å². The van der Waals surface area contributed by atoms with Crippen molar-refractivity contribution < 1.29 is 0 Å². The minimum Gasteiger partial charge on any atom is -0.310 e. The Kier molecular flexibility index (Phi) is 3.62. The molecule has 0 bridgehead atoms. The van der Waals surface area contributed by atoms with Crippen LogP contribution in [0.2, 0.25) is 0 Å². The summed E-state index contributed by atoms with van der Waals surface area (Å²) in [5.74, 6) is 0. The van der Waals surface area contributed by atoms with Crippen molar-refractivity contribution in [3.8, 4) is 11.1 Å². The molecule has 1 aliphatic rings. The van der Waals surface area contributed by atoms with Crippen molar-refractivity contribution in [2.75, 3.05) is 6.54 Å². The Labute approximate surface area is 121 Å². The van der Waals surface area contributed by atoms with E-state index >= 15 is 0 Å². The molecule has 1 unspecified atom stereocenters. The van der Waals surface area contributed by atoms with E-state index in [1.807, 2.05) is 11.7 Å². The number of aromatic nitrogens is 2. The van der Waals surface area contributed by atoms with Gasteiger partial charge in [-0.1, -0.05) is 25.1 Å². The molecule has 0 aliphatic heterocycles. The molecule has 1 aromatic carbocycles. The van der Waals surface area contributed by atoms with Gasteiger partial charge in [-0.3, -0.25) is 4.68 Å². The van der Waals surface area contributed by atoms with E-state index in [4.69, 9.17) is 0 Å². The second-order valence-corrected chi connectivity index (χ2v) is 5.76. The summed E-state index contributed by atoms with van der Waals surface area (Å²) >= 11 is 0. The third-order valence-corrected chi connectivity index (χ3v) is 4.19. The summed E-state index contributed by atoms with van der Waals surface area (Å²) in [6.45, 7) is 5.40. The molecule has 1 N–H and O–H groups in total. The summed E-state index contributed by atoms with van der Waals surface area (Å²) in [7, 11) is 1.98. The second-order valence-electron chi connectivity index (χ2n) is 5.76. The molecule has 3 heteroatoms.